The van der Waals surface area contributed by atoms with E-state index in [4.69, 9.17) is 25.8 Å². The SMILES string of the molecule is COc1cc2c(cc1Nc1ncc(Cl)c(Nc3ccccc3NS(C)(=O)=O)n1)OC[C@@H]1C[C@@H](N3CCOCC3)CCN21. The molecule has 12 nitrogen and oxygen atoms in total. The Bertz CT molecular complexity index is 1550. The van der Waals surface area contributed by atoms with Gasteiger partial charge in [0, 0.05) is 37.8 Å². The van der Waals surface area contributed by atoms with Gasteiger partial charge in [0.25, 0.3) is 0 Å². The fraction of sp³-hybridized carbons (Fsp3) is 0.429. The molecule has 0 unspecified atom stereocenters. The highest BCUT2D eigenvalue weighted by molar-refractivity contribution is 7.92. The number of halogens is 1. The van der Waals surface area contributed by atoms with Gasteiger partial charge in [-0.3, -0.25) is 9.62 Å². The lowest BCUT2D eigenvalue weighted by Gasteiger charge is -2.47. The number of sulfonamides is 1. The van der Waals surface area contributed by atoms with Crippen LogP contribution in [0.15, 0.2) is 42.6 Å². The first-order valence-electron chi connectivity index (χ1n) is 13.8. The molecule has 3 aromatic rings. The van der Waals surface area contributed by atoms with Crippen molar-refractivity contribution in [3.05, 3.63) is 47.6 Å². The van der Waals surface area contributed by atoms with Gasteiger partial charge < -0.3 is 29.7 Å². The lowest BCUT2D eigenvalue weighted by Crippen LogP contribution is -2.55. The quantitative estimate of drug-likeness (QED) is 0.339. The molecule has 2 aromatic carbocycles. The maximum Gasteiger partial charge on any atom is 0.229 e. The molecule has 2 fully saturated rings. The largest absolute Gasteiger partial charge is 0.494 e. The van der Waals surface area contributed by atoms with E-state index >= 15 is 0 Å². The van der Waals surface area contributed by atoms with Gasteiger partial charge in [-0.05, 0) is 25.0 Å². The number of fused-ring (bicyclic) bond motifs is 3. The molecule has 0 saturated carbocycles. The van der Waals surface area contributed by atoms with E-state index in [1.54, 1.807) is 31.4 Å². The molecule has 0 radical (unpaired) electrons. The molecule has 42 heavy (non-hydrogen) atoms. The van der Waals surface area contributed by atoms with Crippen molar-refractivity contribution in [2.24, 2.45) is 0 Å². The summed E-state index contributed by atoms with van der Waals surface area (Å²) in [7, 11) is -1.86. The predicted octanol–water partition coefficient (Wildman–Crippen LogP) is 4.06. The number of para-hydroxylation sites is 2. The second-order valence-corrected chi connectivity index (χ2v) is 12.7. The van der Waals surface area contributed by atoms with Crippen LogP contribution < -0.4 is 29.7 Å². The van der Waals surface area contributed by atoms with Gasteiger partial charge in [0.1, 0.15) is 23.1 Å². The fourth-order valence-corrected chi connectivity index (χ4v) is 6.48. The average molecular weight is 616 g/mol. The average Bonchev–Trinajstić information content (AvgIpc) is 2.99. The number of benzene rings is 2. The predicted molar refractivity (Wildman–Crippen MR) is 164 cm³/mol. The van der Waals surface area contributed by atoms with Crippen molar-refractivity contribution < 1.29 is 22.6 Å². The number of ether oxygens (including phenoxy) is 3. The first kappa shape index (κ1) is 28.6. The van der Waals surface area contributed by atoms with Crippen LogP contribution >= 0.6 is 11.6 Å². The Morgan fingerprint density at radius 1 is 1.05 bits per heavy atom. The summed E-state index contributed by atoms with van der Waals surface area (Å²) >= 11 is 6.40. The number of anilines is 6. The molecule has 3 aliphatic heterocycles. The zero-order valence-electron chi connectivity index (χ0n) is 23.5. The Morgan fingerprint density at radius 2 is 1.83 bits per heavy atom. The third kappa shape index (κ3) is 6.28. The smallest absolute Gasteiger partial charge is 0.229 e. The summed E-state index contributed by atoms with van der Waals surface area (Å²) < 4.78 is 43.7. The summed E-state index contributed by atoms with van der Waals surface area (Å²) in [5.41, 5.74) is 2.51. The van der Waals surface area contributed by atoms with Crippen LogP contribution in [0.5, 0.6) is 11.5 Å². The van der Waals surface area contributed by atoms with E-state index < -0.39 is 10.0 Å². The number of morpholine rings is 1. The van der Waals surface area contributed by atoms with Gasteiger partial charge in [0.2, 0.25) is 16.0 Å². The Hall–Kier alpha value is -3.52. The van der Waals surface area contributed by atoms with Gasteiger partial charge in [0.05, 0.1) is 61.6 Å². The number of methoxy groups -OCH3 is 1. The van der Waals surface area contributed by atoms with E-state index in [2.05, 4.69) is 35.1 Å². The van der Waals surface area contributed by atoms with Crippen molar-refractivity contribution in [2.45, 2.75) is 24.9 Å². The second kappa shape index (κ2) is 12.0. The molecule has 14 heteroatoms. The summed E-state index contributed by atoms with van der Waals surface area (Å²) in [6, 6.07) is 11.6. The maximum atomic E-state index is 11.8. The molecule has 0 aliphatic carbocycles. The van der Waals surface area contributed by atoms with Crippen molar-refractivity contribution >= 4 is 56.1 Å². The summed E-state index contributed by atoms with van der Waals surface area (Å²) in [6.45, 7) is 5.16. The lowest BCUT2D eigenvalue weighted by atomic mass is 9.94. The van der Waals surface area contributed by atoms with Crippen LogP contribution in [0.1, 0.15) is 12.8 Å². The van der Waals surface area contributed by atoms with E-state index in [-0.39, 0.29) is 11.0 Å². The lowest BCUT2D eigenvalue weighted by molar-refractivity contribution is 0.00628. The van der Waals surface area contributed by atoms with E-state index in [0.29, 0.717) is 47.3 Å². The molecule has 0 spiro atoms. The van der Waals surface area contributed by atoms with Crippen LogP contribution in [0.2, 0.25) is 5.02 Å². The number of aromatic nitrogens is 2. The number of nitrogens with one attached hydrogen (secondary N) is 3. The molecule has 2 atom stereocenters. The molecule has 4 heterocycles. The van der Waals surface area contributed by atoms with Crippen LogP contribution in [0.4, 0.5) is 34.5 Å². The molecule has 224 valence electrons. The molecule has 6 rings (SSSR count). The van der Waals surface area contributed by atoms with Crippen molar-refractivity contribution in [3.8, 4) is 11.5 Å². The molecular formula is C28H34ClN7O5S. The highest BCUT2D eigenvalue weighted by Crippen LogP contribution is 2.44. The minimum Gasteiger partial charge on any atom is -0.494 e. The van der Waals surface area contributed by atoms with Crippen LogP contribution in [-0.4, -0.2) is 88.2 Å². The number of hydrogen-bond acceptors (Lipinski definition) is 11. The minimum atomic E-state index is -3.49. The van der Waals surface area contributed by atoms with Crippen LogP contribution in [0.3, 0.4) is 0 Å². The molecule has 3 aliphatic rings. The topological polar surface area (TPSA) is 130 Å². The highest BCUT2D eigenvalue weighted by atomic mass is 35.5. The summed E-state index contributed by atoms with van der Waals surface area (Å²) in [5.74, 6) is 1.97. The van der Waals surface area contributed by atoms with E-state index in [1.807, 2.05) is 12.1 Å². The van der Waals surface area contributed by atoms with Gasteiger partial charge in [-0.15, -0.1) is 0 Å². The van der Waals surface area contributed by atoms with Gasteiger partial charge in [0.15, 0.2) is 5.82 Å². The maximum absolute atomic E-state index is 11.8. The van der Waals surface area contributed by atoms with Gasteiger partial charge in [-0.25, -0.2) is 13.4 Å². The monoisotopic (exact) mass is 615 g/mol. The number of rotatable bonds is 8. The molecule has 3 N–H and O–H groups in total. The third-order valence-corrected chi connectivity index (χ3v) is 8.61. The molecule has 2 saturated heterocycles. The van der Waals surface area contributed by atoms with E-state index in [1.165, 1.54) is 6.20 Å². The first-order chi connectivity index (χ1) is 20.3. The van der Waals surface area contributed by atoms with Crippen molar-refractivity contribution in [2.75, 3.05) is 73.1 Å². The first-order valence-corrected chi connectivity index (χ1v) is 16.1. The summed E-state index contributed by atoms with van der Waals surface area (Å²) in [5, 5.41) is 6.60. The summed E-state index contributed by atoms with van der Waals surface area (Å²) in [6.07, 6.45) is 4.71. The second-order valence-electron chi connectivity index (χ2n) is 10.6. The number of hydrogen-bond donors (Lipinski definition) is 3. The highest BCUT2D eigenvalue weighted by Gasteiger charge is 2.37. The molecule has 0 amide bonds. The van der Waals surface area contributed by atoms with Crippen LogP contribution in [0, 0.1) is 0 Å². The molecule has 1 aromatic heterocycles. The van der Waals surface area contributed by atoms with Crippen molar-refractivity contribution in [1.82, 2.24) is 14.9 Å². The number of piperidine rings is 1. The summed E-state index contributed by atoms with van der Waals surface area (Å²) in [4.78, 5) is 13.9. The minimum absolute atomic E-state index is 0.266. The molecule has 0 bridgehead atoms. The normalized spacial score (nSPS) is 20.6. The third-order valence-electron chi connectivity index (χ3n) is 7.74. The van der Waals surface area contributed by atoms with Crippen LogP contribution in [0.25, 0.3) is 0 Å². The Balaban J connectivity index is 1.21. The standard InChI is InChI=1S/C28H34ClN7O5S/c1-39-25-15-24-26(41-17-19-13-18(7-8-36(19)24)35-9-11-40-12-10-35)14-23(25)32-28-30-16-20(29)27(33-28)31-21-5-3-4-6-22(21)34-42(2,37)38/h3-6,14-16,18-19,34H,7-13,17H2,1-2H3,(H2,30,31,32,33)/t18-,19-/m0/s1. The van der Waals surface area contributed by atoms with Gasteiger partial charge in [-0.2, -0.15) is 4.98 Å². The Morgan fingerprint density at radius 3 is 2.60 bits per heavy atom. The number of nitrogens with zero attached hydrogens (tertiary/aromatic N) is 4. The Labute approximate surface area is 250 Å². The Kier molecular flexibility index (Phi) is 8.17. The zero-order chi connectivity index (χ0) is 29.3. The zero-order valence-corrected chi connectivity index (χ0v) is 25.0. The van der Waals surface area contributed by atoms with E-state index in [0.717, 1.165) is 63.4 Å². The van der Waals surface area contributed by atoms with Gasteiger partial charge >= 0.3 is 0 Å². The fourth-order valence-electron chi connectivity index (χ4n) is 5.76. The van der Waals surface area contributed by atoms with Crippen molar-refractivity contribution in [1.29, 1.82) is 0 Å². The van der Waals surface area contributed by atoms with Gasteiger partial charge in [-0.1, -0.05) is 23.7 Å². The molecular weight excluding hydrogens is 582 g/mol. The van der Waals surface area contributed by atoms with Crippen molar-refractivity contribution in [3.63, 3.8) is 0 Å². The van der Waals surface area contributed by atoms with Crippen LogP contribution in [-0.2, 0) is 14.8 Å². The van der Waals surface area contributed by atoms with E-state index in [9.17, 15) is 8.42 Å².